The molecule has 1 aromatic carbocycles. The predicted octanol–water partition coefficient (Wildman–Crippen LogP) is 3.08. The first-order chi connectivity index (χ1) is 12.0. The SMILES string of the molecule is Cc1noc2nc(C(C)C)cc(C(=O)NCc3ccccc3CO)c12. The predicted molar refractivity (Wildman–Crippen MR) is 94.2 cm³/mol. The number of amides is 1. The van der Waals surface area contributed by atoms with E-state index in [0.717, 1.165) is 16.8 Å². The van der Waals surface area contributed by atoms with Gasteiger partial charge in [0, 0.05) is 12.2 Å². The summed E-state index contributed by atoms with van der Waals surface area (Å²) in [6.07, 6.45) is 0. The number of pyridine rings is 1. The van der Waals surface area contributed by atoms with Crippen LogP contribution in [-0.2, 0) is 13.2 Å². The molecule has 0 saturated carbocycles. The van der Waals surface area contributed by atoms with E-state index < -0.39 is 0 Å². The van der Waals surface area contributed by atoms with E-state index in [4.69, 9.17) is 4.52 Å². The summed E-state index contributed by atoms with van der Waals surface area (Å²) in [4.78, 5) is 17.2. The van der Waals surface area contributed by atoms with Crippen LogP contribution in [0.5, 0.6) is 0 Å². The second kappa shape index (κ2) is 7.03. The molecule has 0 bridgehead atoms. The van der Waals surface area contributed by atoms with Gasteiger partial charge in [0.15, 0.2) is 0 Å². The monoisotopic (exact) mass is 339 g/mol. The van der Waals surface area contributed by atoms with Crippen LogP contribution in [0, 0.1) is 6.92 Å². The Bertz CT molecular complexity index is 915. The van der Waals surface area contributed by atoms with Gasteiger partial charge in [0.2, 0.25) is 0 Å². The summed E-state index contributed by atoms with van der Waals surface area (Å²) in [5.74, 6) is -0.0511. The number of carbonyl (C=O) groups excluding carboxylic acids is 1. The Morgan fingerprint density at radius 2 is 2.00 bits per heavy atom. The van der Waals surface area contributed by atoms with Gasteiger partial charge in [-0.1, -0.05) is 43.3 Å². The highest BCUT2D eigenvalue weighted by Crippen LogP contribution is 2.25. The average molecular weight is 339 g/mol. The number of hydrogen-bond acceptors (Lipinski definition) is 5. The van der Waals surface area contributed by atoms with Gasteiger partial charge in [0.25, 0.3) is 11.6 Å². The zero-order chi connectivity index (χ0) is 18.0. The summed E-state index contributed by atoms with van der Waals surface area (Å²) >= 11 is 0. The van der Waals surface area contributed by atoms with Crippen molar-refractivity contribution in [1.82, 2.24) is 15.5 Å². The van der Waals surface area contributed by atoms with Crippen molar-refractivity contribution in [3.63, 3.8) is 0 Å². The highest BCUT2D eigenvalue weighted by atomic mass is 16.5. The molecule has 6 heteroatoms. The Morgan fingerprint density at radius 3 is 2.68 bits per heavy atom. The van der Waals surface area contributed by atoms with Crippen molar-refractivity contribution in [2.45, 2.75) is 39.8 Å². The normalized spacial score (nSPS) is 11.2. The van der Waals surface area contributed by atoms with Gasteiger partial charge in [-0.3, -0.25) is 4.79 Å². The number of aliphatic hydroxyl groups is 1. The molecule has 0 saturated heterocycles. The molecular weight excluding hydrogens is 318 g/mol. The third-order valence-electron chi connectivity index (χ3n) is 4.20. The fourth-order valence-corrected chi connectivity index (χ4v) is 2.74. The van der Waals surface area contributed by atoms with E-state index >= 15 is 0 Å². The minimum Gasteiger partial charge on any atom is -0.392 e. The molecule has 0 atom stereocenters. The van der Waals surface area contributed by atoms with E-state index in [-0.39, 0.29) is 18.4 Å². The lowest BCUT2D eigenvalue weighted by molar-refractivity contribution is 0.0952. The van der Waals surface area contributed by atoms with Crippen molar-refractivity contribution < 1.29 is 14.4 Å². The fraction of sp³-hybridized carbons (Fsp3) is 0.316. The van der Waals surface area contributed by atoms with Crippen LogP contribution in [0.4, 0.5) is 0 Å². The quantitative estimate of drug-likeness (QED) is 0.746. The largest absolute Gasteiger partial charge is 0.392 e. The first-order valence-corrected chi connectivity index (χ1v) is 8.24. The topological polar surface area (TPSA) is 88.2 Å². The molecule has 0 fully saturated rings. The Hall–Kier alpha value is -2.73. The van der Waals surface area contributed by atoms with Crippen LogP contribution in [0.2, 0.25) is 0 Å². The summed E-state index contributed by atoms with van der Waals surface area (Å²) in [5.41, 5.74) is 3.99. The van der Waals surface area contributed by atoms with Crippen molar-refractivity contribution in [2.75, 3.05) is 0 Å². The summed E-state index contributed by atoms with van der Waals surface area (Å²) < 4.78 is 5.26. The Kier molecular flexibility index (Phi) is 4.81. The molecule has 25 heavy (non-hydrogen) atoms. The van der Waals surface area contributed by atoms with Crippen LogP contribution in [-0.4, -0.2) is 21.2 Å². The molecule has 0 aliphatic heterocycles. The van der Waals surface area contributed by atoms with E-state index in [1.54, 1.807) is 13.0 Å². The smallest absolute Gasteiger partial charge is 0.259 e. The van der Waals surface area contributed by atoms with Gasteiger partial charge in [-0.25, -0.2) is 4.98 Å². The number of hydrogen-bond donors (Lipinski definition) is 2. The number of nitrogens with zero attached hydrogens (tertiary/aromatic N) is 2. The standard InChI is InChI=1S/C19H21N3O3/c1-11(2)16-8-15(17-12(3)22-25-19(17)21-16)18(24)20-9-13-6-4-5-7-14(13)10-23/h4-8,11,23H,9-10H2,1-3H3,(H,20,24). The van der Waals surface area contributed by atoms with E-state index in [9.17, 15) is 9.90 Å². The van der Waals surface area contributed by atoms with Crippen molar-refractivity contribution in [1.29, 1.82) is 0 Å². The summed E-state index contributed by atoms with van der Waals surface area (Å²) in [6.45, 7) is 6.09. The molecule has 0 spiro atoms. The molecule has 2 aromatic heterocycles. The molecule has 2 N–H and O–H groups in total. The first kappa shape index (κ1) is 17.1. The Labute approximate surface area is 145 Å². The lowest BCUT2D eigenvalue weighted by Crippen LogP contribution is -2.24. The van der Waals surface area contributed by atoms with Gasteiger partial charge < -0.3 is 14.9 Å². The second-order valence-electron chi connectivity index (χ2n) is 6.31. The summed E-state index contributed by atoms with van der Waals surface area (Å²) in [6, 6.07) is 9.26. The lowest BCUT2D eigenvalue weighted by Gasteiger charge is -2.11. The Balaban J connectivity index is 1.92. The summed E-state index contributed by atoms with van der Waals surface area (Å²) in [7, 11) is 0. The van der Waals surface area contributed by atoms with E-state index in [1.165, 1.54) is 0 Å². The molecule has 6 nitrogen and oxygen atoms in total. The molecule has 0 aliphatic rings. The number of benzene rings is 1. The highest BCUT2D eigenvalue weighted by Gasteiger charge is 2.19. The van der Waals surface area contributed by atoms with Crippen molar-refractivity contribution in [2.24, 2.45) is 0 Å². The molecular formula is C19H21N3O3. The lowest BCUT2D eigenvalue weighted by atomic mass is 10.0. The second-order valence-corrected chi connectivity index (χ2v) is 6.31. The van der Waals surface area contributed by atoms with Crippen molar-refractivity contribution in [3.8, 4) is 0 Å². The number of aliphatic hydroxyl groups excluding tert-OH is 1. The van der Waals surface area contributed by atoms with Gasteiger partial charge in [-0.2, -0.15) is 0 Å². The first-order valence-electron chi connectivity index (χ1n) is 8.24. The van der Waals surface area contributed by atoms with Crippen LogP contribution in [0.25, 0.3) is 11.1 Å². The molecule has 0 radical (unpaired) electrons. The van der Waals surface area contributed by atoms with Gasteiger partial charge >= 0.3 is 0 Å². The molecule has 0 unspecified atom stereocenters. The average Bonchev–Trinajstić information content (AvgIpc) is 3.00. The number of nitrogens with one attached hydrogen (secondary N) is 1. The molecule has 3 rings (SSSR count). The molecule has 1 amide bonds. The van der Waals surface area contributed by atoms with E-state index in [2.05, 4.69) is 15.5 Å². The molecule has 0 aliphatic carbocycles. The van der Waals surface area contributed by atoms with E-state index in [0.29, 0.717) is 28.9 Å². The fourth-order valence-electron chi connectivity index (χ4n) is 2.74. The number of aromatic nitrogens is 2. The zero-order valence-electron chi connectivity index (χ0n) is 14.5. The van der Waals surface area contributed by atoms with Gasteiger partial charge in [0.1, 0.15) is 0 Å². The van der Waals surface area contributed by atoms with Crippen molar-refractivity contribution >= 4 is 17.0 Å². The maximum atomic E-state index is 12.8. The molecule has 2 heterocycles. The number of fused-ring (bicyclic) bond motifs is 1. The zero-order valence-corrected chi connectivity index (χ0v) is 14.5. The minimum absolute atomic E-state index is 0.0617. The van der Waals surface area contributed by atoms with Crippen LogP contribution in [0.3, 0.4) is 0 Å². The number of rotatable bonds is 5. The Morgan fingerprint density at radius 1 is 1.28 bits per heavy atom. The maximum absolute atomic E-state index is 12.8. The van der Waals surface area contributed by atoms with Crippen LogP contribution < -0.4 is 5.32 Å². The van der Waals surface area contributed by atoms with Gasteiger partial charge in [-0.05, 0) is 30.0 Å². The van der Waals surface area contributed by atoms with E-state index in [1.807, 2.05) is 38.1 Å². The molecule has 130 valence electrons. The van der Waals surface area contributed by atoms with Gasteiger partial charge in [0.05, 0.1) is 23.3 Å². The number of aryl methyl sites for hydroxylation is 1. The minimum atomic E-state index is -0.214. The molecule has 3 aromatic rings. The highest BCUT2D eigenvalue weighted by molar-refractivity contribution is 6.06. The van der Waals surface area contributed by atoms with Crippen LogP contribution >= 0.6 is 0 Å². The third-order valence-corrected chi connectivity index (χ3v) is 4.20. The summed E-state index contributed by atoms with van der Waals surface area (Å²) in [5, 5.41) is 16.9. The third kappa shape index (κ3) is 3.39. The number of carbonyl (C=O) groups is 1. The maximum Gasteiger partial charge on any atom is 0.259 e. The van der Waals surface area contributed by atoms with Crippen LogP contribution in [0.1, 0.15) is 52.6 Å². The van der Waals surface area contributed by atoms with Crippen molar-refractivity contribution in [3.05, 3.63) is 58.4 Å². The van der Waals surface area contributed by atoms with Crippen LogP contribution in [0.15, 0.2) is 34.9 Å². The van der Waals surface area contributed by atoms with Gasteiger partial charge in [-0.15, -0.1) is 0 Å².